The first-order chi connectivity index (χ1) is 11.7. The molecule has 9 heteroatoms. The van der Waals surface area contributed by atoms with E-state index in [1.54, 1.807) is 23.6 Å². The zero-order valence-corrected chi connectivity index (χ0v) is 16.2. The Balaban J connectivity index is 0.00000312. The molecule has 0 bridgehead atoms. The molecular weight excluding hydrogens is 385 g/mol. The lowest BCUT2D eigenvalue weighted by molar-refractivity contribution is 0.102. The lowest BCUT2D eigenvalue weighted by Gasteiger charge is -2.13. The minimum atomic E-state index is -0.313. The van der Waals surface area contributed by atoms with Crippen LogP contribution in [0.5, 0.6) is 5.75 Å². The van der Waals surface area contributed by atoms with Crippen molar-refractivity contribution in [3.8, 4) is 5.75 Å². The van der Waals surface area contributed by atoms with Crippen molar-refractivity contribution in [1.82, 2.24) is 4.98 Å². The second kappa shape index (κ2) is 11.3. The van der Waals surface area contributed by atoms with Crippen molar-refractivity contribution in [2.45, 2.75) is 13.3 Å². The summed E-state index contributed by atoms with van der Waals surface area (Å²) in [7, 11) is 0. The molecule has 0 radical (unpaired) electrons. The number of halogens is 2. The molecule has 2 rings (SSSR count). The molecule has 25 heavy (non-hydrogen) atoms. The second-order valence-corrected chi connectivity index (χ2v) is 6.13. The third-order valence-electron chi connectivity index (χ3n) is 3.04. The smallest absolute Gasteiger partial charge is 0.275 e. The van der Waals surface area contributed by atoms with Gasteiger partial charge in [0.25, 0.3) is 5.91 Å². The number of para-hydroxylation sites is 1. The summed E-state index contributed by atoms with van der Waals surface area (Å²) in [6.45, 7) is 3.82. The number of amides is 1. The van der Waals surface area contributed by atoms with Crippen LogP contribution in [0.1, 0.15) is 22.4 Å². The number of carbonyl (C=O) groups excluding carboxylic acids is 1. The fourth-order valence-electron chi connectivity index (χ4n) is 1.94. The van der Waals surface area contributed by atoms with Crippen LogP contribution in [-0.4, -0.2) is 37.3 Å². The Bertz CT molecular complexity index is 682. The van der Waals surface area contributed by atoms with Crippen LogP contribution in [0, 0.1) is 0 Å². The third kappa shape index (κ3) is 6.45. The molecule has 0 aliphatic heterocycles. The Morgan fingerprint density at radius 3 is 2.92 bits per heavy atom. The maximum Gasteiger partial charge on any atom is 0.275 e. The quantitative estimate of drug-likeness (QED) is 0.624. The van der Waals surface area contributed by atoms with Gasteiger partial charge in [-0.05, 0) is 25.6 Å². The molecule has 0 aliphatic rings. The standard InChI is InChI=1S/C16H20ClN3O3S.ClH/c1-2-22-8-9-23-15-11(17)4-3-5-12(15)20-16(21)13-10-24-14(19-13)6-7-18;/h3-5,10H,2,6-9,18H2,1H3,(H,20,21);1H. The Morgan fingerprint density at radius 2 is 2.20 bits per heavy atom. The van der Waals surface area contributed by atoms with Crippen molar-refractivity contribution < 1.29 is 14.3 Å². The van der Waals surface area contributed by atoms with E-state index in [-0.39, 0.29) is 18.3 Å². The van der Waals surface area contributed by atoms with Crippen molar-refractivity contribution in [1.29, 1.82) is 0 Å². The number of thiazole rings is 1. The highest BCUT2D eigenvalue weighted by atomic mass is 35.5. The number of benzene rings is 1. The van der Waals surface area contributed by atoms with Crippen LogP contribution < -0.4 is 15.8 Å². The first kappa shape index (κ1) is 21.7. The maximum atomic E-state index is 12.3. The van der Waals surface area contributed by atoms with Crippen molar-refractivity contribution in [2.75, 3.05) is 31.7 Å². The van der Waals surface area contributed by atoms with E-state index in [0.717, 1.165) is 5.01 Å². The van der Waals surface area contributed by atoms with Gasteiger partial charge in [-0.2, -0.15) is 0 Å². The minimum absolute atomic E-state index is 0. The Labute approximate surface area is 162 Å². The highest BCUT2D eigenvalue weighted by Crippen LogP contribution is 2.33. The molecule has 0 saturated carbocycles. The molecule has 138 valence electrons. The van der Waals surface area contributed by atoms with Gasteiger partial charge >= 0.3 is 0 Å². The van der Waals surface area contributed by atoms with Gasteiger partial charge in [-0.25, -0.2) is 4.98 Å². The van der Waals surface area contributed by atoms with Gasteiger partial charge in [0.1, 0.15) is 12.3 Å². The number of aromatic nitrogens is 1. The van der Waals surface area contributed by atoms with E-state index in [2.05, 4.69) is 10.3 Å². The number of hydrogen-bond donors (Lipinski definition) is 2. The summed E-state index contributed by atoms with van der Waals surface area (Å²) in [5.41, 5.74) is 6.35. The Morgan fingerprint density at radius 1 is 1.40 bits per heavy atom. The molecule has 2 aromatic rings. The number of hydrogen-bond acceptors (Lipinski definition) is 6. The zero-order chi connectivity index (χ0) is 17.4. The minimum Gasteiger partial charge on any atom is -0.487 e. The predicted octanol–water partition coefficient (Wildman–Crippen LogP) is 3.39. The third-order valence-corrected chi connectivity index (χ3v) is 4.24. The molecule has 0 atom stereocenters. The number of carbonyl (C=O) groups is 1. The Hall–Kier alpha value is -1.38. The van der Waals surface area contributed by atoms with E-state index in [9.17, 15) is 4.79 Å². The van der Waals surface area contributed by atoms with Gasteiger partial charge in [-0.1, -0.05) is 17.7 Å². The van der Waals surface area contributed by atoms with Crippen molar-refractivity contribution >= 4 is 46.9 Å². The van der Waals surface area contributed by atoms with Gasteiger partial charge in [0.2, 0.25) is 0 Å². The average molecular weight is 406 g/mol. The largest absolute Gasteiger partial charge is 0.487 e. The lowest BCUT2D eigenvalue weighted by Crippen LogP contribution is -2.15. The van der Waals surface area contributed by atoms with Crippen LogP contribution in [-0.2, 0) is 11.2 Å². The summed E-state index contributed by atoms with van der Waals surface area (Å²) in [6.07, 6.45) is 0.654. The predicted molar refractivity (Wildman–Crippen MR) is 104 cm³/mol. The summed E-state index contributed by atoms with van der Waals surface area (Å²) in [4.78, 5) is 16.6. The van der Waals surface area contributed by atoms with Crippen LogP contribution in [0.15, 0.2) is 23.6 Å². The van der Waals surface area contributed by atoms with Gasteiger partial charge < -0.3 is 20.5 Å². The number of nitrogens with one attached hydrogen (secondary N) is 1. The number of anilines is 1. The normalized spacial score (nSPS) is 10.2. The molecule has 1 aromatic heterocycles. The molecule has 0 spiro atoms. The number of ether oxygens (including phenoxy) is 2. The van der Waals surface area contributed by atoms with Crippen LogP contribution in [0.3, 0.4) is 0 Å². The number of nitrogens with zero attached hydrogens (tertiary/aromatic N) is 1. The zero-order valence-electron chi connectivity index (χ0n) is 13.8. The van der Waals surface area contributed by atoms with Crippen LogP contribution >= 0.6 is 35.3 Å². The molecule has 0 unspecified atom stereocenters. The van der Waals surface area contributed by atoms with Crippen LogP contribution in [0.25, 0.3) is 0 Å². The SMILES string of the molecule is CCOCCOc1c(Cl)cccc1NC(=O)c1csc(CCN)n1.Cl. The lowest BCUT2D eigenvalue weighted by atomic mass is 10.2. The molecule has 6 nitrogen and oxygen atoms in total. The number of rotatable bonds is 9. The van der Waals surface area contributed by atoms with E-state index in [4.69, 9.17) is 26.8 Å². The van der Waals surface area contributed by atoms with Gasteiger partial charge in [0, 0.05) is 18.4 Å². The summed E-state index contributed by atoms with van der Waals surface area (Å²) in [5.74, 6) is 0.107. The number of nitrogens with two attached hydrogens (primary N) is 1. The van der Waals surface area contributed by atoms with Gasteiger partial charge in [0.05, 0.1) is 22.3 Å². The fourth-order valence-corrected chi connectivity index (χ4v) is 2.96. The highest BCUT2D eigenvalue weighted by Gasteiger charge is 2.15. The van der Waals surface area contributed by atoms with Gasteiger partial charge in [-0.3, -0.25) is 4.79 Å². The fraction of sp³-hybridized carbons (Fsp3) is 0.375. The summed E-state index contributed by atoms with van der Waals surface area (Å²) in [5, 5.41) is 5.75. The molecule has 1 heterocycles. The average Bonchev–Trinajstić information content (AvgIpc) is 3.03. The van der Waals surface area contributed by atoms with E-state index in [1.165, 1.54) is 11.3 Å². The van der Waals surface area contributed by atoms with E-state index < -0.39 is 0 Å². The van der Waals surface area contributed by atoms with Crippen molar-refractivity contribution in [2.24, 2.45) is 5.73 Å². The Kier molecular flexibility index (Phi) is 9.77. The van der Waals surface area contributed by atoms with Crippen molar-refractivity contribution in [3.05, 3.63) is 39.3 Å². The molecule has 0 fully saturated rings. The molecule has 1 amide bonds. The first-order valence-electron chi connectivity index (χ1n) is 7.60. The molecular formula is C16H21Cl2N3O3S. The maximum absolute atomic E-state index is 12.3. The van der Waals surface area contributed by atoms with E-state index in [0.29, 0.717) is 54.9 Å². The monoisotopic (exact) mass is 405 g/mol. The molecule has 0 aliphatic carbocycles. The van der Waals surface area contributed by atoms with Crippen LogP contribution in [0.4, 0.5) is 5.69 Å². The summed E-state index contributed by atoms with van der Waals surface area (Å²) in [6, 6.07) is 5.18. The molecule has 1 aromatic carbocycles. The van der Waals surface area contributed by atoms with Crippen LogP contribution in [0.2, 0.25) is 5.02 Å². The highest BCUT2D eigenvalue weighted by molar-refractivity contribution is 7.09. The van der Waals surface area contributed by atoms with Gasteiger partial charge in [-0.15, -0.1) is 23.7 Å². The molecule has 3 N–H and O–H groups in total. The van der Waals surface area contributed by atoms with Crippen molar-refractivity contribution in [3.63, 3.8) is 0 Å². The van der Waals surface area contributed by atoms with E-state index in [1.807, 2.05) is 6.92 Å². The van der Waals surface area contributed by atoms with E-state index >= 15 is 0 Å². The van der Waals surface area contributed by atoms with Gasteiger partial charge in [0.15, 0.2) is 5.75 Å². The molecule has 0 saturated heterocycles. The topological polar surface area (TPSA) is 86.5 Å². The summed E-state index contributed by atoms with van der Waals surface area (Å²) >= 11 is 7.59. The summed E-state index contributed by atoms with van der Waals surface area (Å²) < 4.78 is 10.9. The first-order valence-corrected chi connectivity index (χ1v) is 8.86. The second-order valence-electron chi connectivity index (χ2n) is 4.78.